The van der Waals surface area contributed by atoms with E-state index in [9.17, 15) is 14.0 Å². The lowest BCUT2D eigenvalue weighted by molar-refractivity contribution is -0.137. The van der Waals surface area contributed by atoms with Crippen LogP contribution in [-0.2, 0) is 4.79 Å². The van der Waals surface area contributed by atoms with Crippen molar-refractivity contribution in [2.75, 3.05) is 13.1 Å². The van der Waals surface area contributed by atoms with Crippen molar-refractivity contribution in [3.8, 4) is 5.75 Å². The average Bonchev–Trinajstić information content (AvgIpc) is 2.49. The number of unbranched alkanes of at least 4 members (excludes halogenated alkanes) is 1. The number of aliphatic carboxylic acids is 1. The van der Waals surface area contributed by atoms with E-state index in [1.807, 2.05) is 6.92 Å². The number of nitrogens with zero attached hydrogens (tertiary/aromatic N) is 1. The Labute approximate surface area is 140 Å². The van der Waals surface area contributed by atoms with Crippen molar-refractivity contribution >= 4 is 12.0 Å². The summed E-state index contributed by atoms with van der Waals surface area (Å²) in [6.45, 7) is 2.88. The number of hydrogen-bond acceptors (Lipinski definition) is 3. The third-order valence-electron chi connectivity index (χ3n) is 3.91. The van der Waals surface area contributed by atoms with Crippen molar-refractivity contribution in [1.29, 1.82) is 0 Å². The normalized spacial score (nSPS) is 15.5. The van der Waals surface area contributed by atoms with Gasteiger partial charge in [-0.05, 0) is 30.7 Å². The van der Waals surface area contributed by atoms with Gasteiger partial charge in [0.15, 0.2) is 0 Å². The summed E-state index contributed by atoms with van der Waals surface area (Å²) in [7, 11) is 0. The van der Waals surface area contributed by atoms with Crippen LogP contribution in [0, 0.1) is 5.82 Å². The van der Waals surface area contributed by atoms with E-state index in [2.05, 4.69) is 5.32 Å². The Kier molecular flexibility index (Phi) is 6.40. The van der Waals surface area contributed by atoms with Gasteiger partial charge in [0.25, 0.3) is 0 Å². The largest absolute Gasteiger partial charge is 0.487 e. The zero-order valence-electron chi connectivity index (χ0n) is 13.7. The zero-order valence-corrected chi connectivity index (χ0v) is 13.7. The monoisotopic (exact) mass is 338 g/mol. The zero-order chi connectivity index (χ0) is 17.5. The molecule has 0 saturated carbocycles. The topological polar surface area (TPSA) is 78.9 Å². The fraction of sp³-hybridized carbons (Fsp3) is 0.529. The van der Waals surface area contributed by atoms with Gasteiger partial charge in [0.2, 0.25) is 0 Å². The van der Waals surface area contributed by atoms with E-state index in [4.69, 9.17) is 9.84 Å². The fourth-order valence-electron chi connectivity index (χ4n) is 2.54. The second-order valence-electron chi connectivity index (χ2n) is 5.99. The number of carbonyl (C=O) groups is 2. The van der Waals surface area contributed by atoms with Gasteiger partial charge in [0, 0.05) is 6.04 Å². The maximum Gasteiger partial charge on any atom is 0.317 e. The van der Waals surface area contributed by atoms with E-state index >= 15 is 0 Å². The number of nitrogens with one attached hydrogen (secondary N) is 1. The third kappa shape index (κ3) is 5.40. The number of halogens is 1. The molecule has 7 heteroatoms. The van der Waals surface area contributed by atoms with E-state index in [0.717, 1.165) is 12.8 Å². The van der Waals surface area contributed by atoms with Gasteiger partial charge in [-0.1, -0.05) is 19.8 Å². The van der Waals surface area contributed by atoms with E-state index in [1.54, 1.807) is 17.0 Å². The molecule has 2 amide bonds. The first-order valence-corrected chi connectivity index (χ1v) is 8.17. The summed E-state index contributed by atoms with van der Waals surface area (Å²) >= 11 is 0. The lowest BCUT2D eigenvalue weighted by Gasteiger charge is -2.39. The van der Waals surface area contributed by atoms with Crippen LogP contribution in [-0.4, -0.2) is 47.2 Å². The van der Waals surface area contributed by atoms with Crippen LogP contribution in [0.15, 0.2) is 24.3 Å². The lowest BCUT2D eigenvalue weighted by Crippen LogP contribution is -2.60. The maximum atomic E-state index is 12.8. The van der Waals surface area contributed by atoms with Gasteiger partial charge in [-0.15, -0.1) is 0 Å². The molecule has 6 nitrogen and oxygen atoms in total. The maximum absolute atomic E-state index is 12.8. The SMILES string of the molecule is CCCC[C@H](CC(=O)O)NC(=O)N1CC(Oc2ccc(F)cc2)C1. The van der Waals surface area contributed by atoms with Crippen molar-refractivity contribution in [2.24, 2.45) is 0 Å². The number of urea groups is 1. The molecular formula is C17H23FN2O4. The summed E-state index contributed by atoms with van der Waals surface area (Å²) in [5, 5.41) is 11.7. The number of hydrogen-bond donors (Lipinski definition) is 2. The van der Waals surface area contributed by atoms with Gasteiger partial charge in [0.1, 0.15) is 17.7 Å². The lowest BCUT2D eigenvalue weighted by atomic mass is 10.1. The minimum Gasteiger partial charge on any atom is -0.487 e. The van der Waals surface area contributed by atoms with Gasteiger partial charge in [0.05, 0.1) is 19.5 Å². The minimum atomic E-state index is -0.919. The Morgan fingerprint density at radius 2 is 2.04 bits per heavy atom. The molecular weight excluding hydrogens is 315 g/mol. The molecule has 1 saturated heterocycles. The van der Waals surface area contributed by atoms with E-state index < -0.39 is 5.97 Å². The second-order valence-corrected chi connectivity index (χ2v) is 5.99. The van der Waals surface area contributed by atoms with Gasteiger partial charge in [-0.3, -0.25) is 4.79 Å². The number of rotatable bonds is 8. The van der Waals surface area contributed by atoms with Crippen LogP contribution < -0.4 is 10.1 Å². The molecule has 24 heavy (non-hydrogen) atoms. The first-order valence-electron chi connectivity index (χ1n) is 8.17. The summed E-state index contributed by atoms with van der Waals surface area (Å²) in [5.41, 5.74) is 0. The number of benzene rings is 1. The van der Waals surface area contributed by atoms with Crippen LogP contribution in [0.2, 0.25) is 0 Å². The minimum absolute atomic E-state index is 0.0743. The van der Waals surface area contributed by atoms with Crippen molar-refractivity contribution in [2.45, 2.75) is 44.8 Å². The van der Waals surface area contributed by atoms with Crippen molar-refractivity contribution < 1.29 is 23.8 Å². The van der Waals surface area contributed by atoms with Crippen molar-refractivity contribution in [1.82, 2.24) is 10.2 Å². The predicted molar refractivity (Wildman–Crippen MR) is 86.5 cm³/mol. The highest BCUT2D eigenvalue weighted by Gasteiger charge is 2.33. The number of likely N-dealkylation sites (tertiary alicyclic amines) is 1. The third-order valence-corrected chi connectivity index (χ3v) is 3.91. The molecule has 0 aromatic heterocycles. The predicted octanol–water partition coefficient (Wildman–Crippen LogP) is 2.63. The fourth-order valence-corrected chi connectivity index (χ4v) is 2.54. The molecule has 132 valence electrons. The van der Waals surface area contributed by atoms with Gasteiger partial charge in [-0.25, -0.2) is 9.18 Å². The summed E-state index contributed by atoms with van der Waals surface area (Å²) in [6, 6.07) is 5.12. The summed E-state index contributed by atoms with van der Waals surface area (Å²) in [4.78, 5) is 24.6. The molecule has 1 aliphatic heterocycles. The average molecular weight is 338 g/mol. The second kappa shape index (κ2) is 8.52. The Hall–Kier alpha value is -2.31. The van der Waals surface area contributed by atoms with Gasteiger partial charge in [-0.2, -0.15) is 0 Å². The Morgan fingerprint density at radius 3 is 2.62 bits per heavy atom. The van der Waals surface area contributed by atoms with Crippen LogP contribution in [0.5, 0.6) is 5.75 Å². The Bertz CT molecular complexity index is 558. The highest BCUT2D eigenvalue weighted by atomic mass is 19.1. The van der Waals surface area contributed by atoms with E-state index in [0.29, 0.717) is 25.3 Å². The molecule has 0 spiro atoms. The van der Waals surface area contributed by atoms with Crippen LogP contribution in [0.3, 0.4) is 0 Å². The van der Waals surface area contributed by atoms with Crippen molar-refractivity contribution in [3.05, 3.63) is 30.1 Å². The molecule has 1 aromatic rings. The van der Waals surface area contributed by atoms with Crippen LogP contribution in [0.4, 0.5) is 9.18 Å². The first kappa shape index (κ1) is 18.0. The van der Waals surface area contributed by atoms with Crippen LogP contribution in [0.25, 0.3) is 0 Å². The Morgan fingerprint density at radius 1 is 1.38 bits per heavy atom. The smallest absolute Gasteiger partial charge is 0.317 e. The molecule has 2 N–H and O–H groups in total. The van der Waals surface area contributed by atoms with Crippen molar-refractivity contribution in [3.63, 3.8) is 0 Å². The molecule has 1 heterocycles. The van der Waals surface area contributed by atoms with E-state index in [1.165, 1.54) is 12.1 Å². The molecule has 2 rings (SSSR count). The highest BCUT2D eigenvalue weighted by Crippen LogP contribution is 2.19. The summed E-state index contributed by atoms with van der Waals surface area (Å²) < 4.78 is 18.5. The molecule has 0 radical (unpaired) electrons. The van der Waals surface area contributed by atoms with E-state index in [-0.39, 0.29) is 30.4 Å². The van der Waals surface area contributed by atoms with Crippen LogP contribution >= 0.6 is 0 Å². The molecule has 1 atom stereocenters. The molecule has 1 aromatic carbocycles. The molecule has 0 bridgehead atoms. The number of carboxylic acid groups (broad SMARTS) is 1. The van der Waals surface area contributed by atoms with Crippen LogP contribution in [0.1, 0.15) is 32.6 Å². The Balaban J connectivity index is 1.75. The molecule has 1 aliphatic rings. The summed E-state index contributed by atoms with van der Waals surface area (Å²) in [6.07, 6.45) is 2.26. The first-order chi connectivity index (χ1) is 11.5. The number of carbonyl (C=O) groups excluding carboxylic acids is 1. The summed E-state index contributed by atoms with van der Waals surface area (Å²) in [5.74, 6) is -0.681. The van der Waals surface area contributed by atoms with Gasteiger partial charge >= 0.3 is 12.0 Å². The van der Waals surface area contributed by atoms with Gasteiger partial charge < -0.3 is 20.1 Å². The number of ether oxygens (including phenoxy) is 1. The molecule has 0 aliphatic carbocycles. The quantitative estimate of drug-likeness (QED) is 0.764. The number of amides is 2. The number of carboxylic acids is 1. The standard InChI is InChI=1S/C17H23FN2O4/c1-2-3-4-13(9-16(21)22)19-17(23)20-10-15(11-20)24-14-7-5-12(18)6-8-14/h5-8,13,15H,2-4,9-11H2,1H3,(H,19,23)(H,21,22)/t13-/m1/s1. The highest BCUT2D eigenvalue weighted by molar-refractivity contribution is 5.76. The molecule has 0 unspecified atom stereocenters. The molecule has 1 fully saturated rings.